The topological polar surface area (TPSA) is 483 Å². The first kappa shape index (κ1) is 69.7. The van der Waals surface area contributed by atoms with Crippen LogP contribution in [0.15, 0.2) is 0 Å². The maximum absolute atomic E-state index is 13.4. The number of carboxylic acid groups (broad SMARTS) is 1. The number of ether oxygens (including phenoxy) is 11. The van der Waals surface area contributed by atoms with Crippen molar-refractivity contribution < 1.29 is 149 Å². The lowest BCUT2D eigenvalue weighted by molar-refractivity contribution is -0.412. The van der Waals surface area contributed by atoms with Crippen LogP contribution in [-0.4, -0.2) is 301 Å². The van der Waals surface area contributed by atoms with Gasteiger partial charge < -0.3 is 144 Å². The number of hydrogen-bond donors (Lipinski definition) is 18. The SMILES string of the molecule is C[C@@H]1OC(O[C@H]2C(O)[C@@H](O)C(CO)O[C@H]2OC2[C@H](O)C(C(=O)O)O[C@@H](O[C@H]3CC[C@@]4(C)C(CC[C@]5(C)C4CC[C@]46O[C@H](O)[C@]7(C4CC(C)(C)[C@@H](O)[C@@H]7O)[C@H](O)C[C@]65C)C3(C)C)[C@H]2O[C@@H]2OC(CO)[C@@H](O)C(O)[C@@H]2O)C(OC2O[C@@H](C)[C@H](O)C(O)[C@@H]2O)[C@@H](O)C1O. The van der Waals surface area contributed by atoms with Crippen molar-refractivity contribution in [3.8, 4) is 0 Å². The fraction of sp³-hybridized carbons (Fsp3) is 0.983. The molecule has 30 nitrogen and oxygen atoms in total. The summed E-state index contributed by atoms with van der Waals surface area (Å²) in [6, 6.07) is 0. The summed E-state index contributed by atoms with van der Waals surface area (Å²) in [4.78, 5) is 13.4. The molecule has 11 rings (SSSR count). The Morgan fingerprint density at radius 1 is 0.467 bits per heavy atom. The molecule has 30 heteroatoms. The first-order valence-electron chi connectivity index (χ1n) is 31.8. The standard InChI is InChI=1S/C60H98O30/c1-20-29(64)33(68)37(72)48(80-20)87-42-35(70)30(65)21(2)81-50(42)88-43-36(71)32(67)23(19-62)83-51(43)85-40-39(74)41(47(77)78)86-52(44(40)89-49-38(73)34(69)31(66)22(18-61)82-49)84-28-12-13-56(7)24(55(28,5)6)10-14-57(8)25(56)11-15-59-26-16-54(3,4)45(75)46(76)60(26,53(79)90-59)27(63)17-58(57,59)9/h20-46,48-53,61-76,79H,10-19H2,1-9H3,(H,77,78)/t20-,21-,22?,23?,24?,25?,26?,27+,28-,29-,30?,31+,32-,33?,34?,35-,36?,37-,38-,39-,40?,41?,42?,43-,44-,45-,46-,48?,49-,50?,51-,52+,53-,56-,57+,58-,59-,60+/m0/s1. The number of hydrogen-bond acceptors (Lipinski definition) is 29. The largest absolute Gasteiger partial charge is 0.479 e. The van der Waals surface area contributed by atoms with Gasteiger partial charge in [0.15, 0.2) is 43.8 Å². The Morgan fingerprint density at radius 2 is 0.956 bits per heavy atom. The molecule has 0 amide bonds. The predicted molar refractivity (Wildman–Crippen MR) is 296 cm³/mol. The van der Waals surface area contributed by atoms with E-state index in [4.69, 9.17) is 52.1 Å². The zero-order valence-corrected chi connectivity index (χ0v) is 52.1. The highest BCUT2D eigenvalue weighted by Gasteiger charge is 2.85. The smallest absolute Gasteiger partial charge is 0.335 e. The molecule has 18 N–H and O–H groups in total. The minimum atomic E-state index is -2.35. The van der Waals surface area contributed by atoms with Gasteiger partial charge in [-0.15, -0.1) is 0 Å². The van der Waals surface area contributed by atoms with E-state index in [2.05, 4.69) is 20.8 Å². The minimum absolute atomic E-state index is 0.0252. The van der Waals surface area contributed by atoms with Gasteiger partial charge in [0, 0.05) is 11.3 Å². The van der Waals surface area contributed by atoms with Gasteiger partial charge in [-0.25, -0.2) is 4.79 Å². The van der Waals surface area contributed by atoms with Crippen LogP contribution in [0.3, 0.4) is 0 Å². The molecule has 0 aromatic rings. The summed E-state index contributed by atoms with van der Waals surface area (Å²) in [6.07, 6.45) is -50.4. The Hall–Kier alpha value is -1.65. The third-order valence-corrected chi connectivity index (χ3v) is 24.9. The Labute approximate surface area is 520 Å². The lowest BCUT2D eigenvalue weighted by Crippen LogP contribution is -2.76. The molecular weight excluding hydrogens is 1200 g/mol. The lowest BCUT2D eigenvalue weighted by Gasteiger charge is -2.75. The van der Waals surface area contributed by atoms with Crippen LogP contribution in [0.4, 0.5) is 0 Å². The number of fused-ring (bicyclic) bond motifs is 4. The van der Waals surface area contributed by atoms with Crippen molar-refractivity contribution in [2.24, 2.45) is 50.2 Å². The highest BCUT2D eigenvalue weighted by molar-refractivity contribution is 5.73. The summed E-state index contributed by atoms with van der Waals surface area (Å²) < 4.78 is 68.5. The molecule has 38 atom stereocenters. The average Bonchev–Trinajstić information content (AvgIpc) is 1.37. The van der Waals surface area contributed by atoms with Gasteiger partial charge in [0.2, 0.25) is 0 Å². The fourth-order valence-corrected chi connectivity index (χ4v) is 19.6. The van der Waals surface area contributed by atoms with Crippen molar-refractivity contribution in [2.75, 3.05) is 13.2 Å². The molecule has 6 saturated heterocycles. The Kier molecular flexibility index (Phi) is 18.9. The first-order valence-corrected chi connectivity index (χ1v) is 31.8. The molecule has 0 radical (unpaired) electrons. The molecule has 1 spiro atoms. The van der Waals surface area contributed by atoms with E-state index in [-0.39, 0.29) is 24.7 Å². The van der Waals surface area contributed by atoms with Gasteiger partial charge in [-0.2, -0.15) is 0 Å². The normalized spacial score (nSPS) is 58.2. The fourth-order valence-electron chi connectivity index (χ4n) is 19.6. The van der Waals surface area contributed by atoms with Crippen molar-refractivity contribution in [3.05, 3.63) is 0 Å². The Morgan fingerprint density at radius 3 is 1.57 bits per heavy atom. The monoisotopic (exact) mass is 1300 g/mol. The van der Waals surface area contributed by atoms with Gasteiger partial charge in [-0.1, -0.05) is 48.5 Å². The Balaban J connectivity index is 0.914. The molecule has 11 aliphatic rings. The van der Waals surface area contributed by atoms with Crippen LogP contribution >= 0.6 is 0 Å². The minimum Gasteiger partial charge on any atom is -0.479 e. The van der Waals surface area contributed by atoms with Crippen LogP contribution in [0, 0.1) is 50.2 Å². The molecule has 0 aromatic carbocycles. The van der Waals surface area contributed by atoms with Crippen LogP contribution < -0.4 is 0 Å². The molecule has 0 aromatic heterocycles. The van der Waals surface area contributed by atoms with E-state index in [1.54, 1.807) is 0 Å². The van der Waals surface area contributed by atoms with E-state index in [0.717, 1.165) is 0 Å². The number of aliphatic hydroxyl groups excluding tert-OH is 17. The second-order valence-corrected chi connectivity index (χ2v) is 30.1. The van der Waals surface area contributed by atoms with E-state index in [9.17, 15) is 96.7 Å². The molecule has 90 heavy (non-hydrogen) atoms. The summed E-state index contributed by atoms with van der Waals surface area (Å²) >= 11 is 0. The quantitative estimate of drug-likeness (QED) is 0.0767. The molecule has 2 bridgehead atoms. The van der Waals surface area contributed by atoms with Gasteiger partial charge in [-0.05, 0) is 98.7 Å². The first-order chi connectivity index (χ1) is 41.9. The second-order valence-electron chi connectivity index (χ2n) is 30.1. The van der Waals surface area contributed by atoms with Gasteiger partial charge in [0.25, 0.3) is 0 Å². The summed E-state index contributed by atoms with van der Waals surface area (Å²) in [7, 11) is 0. The van der Waals surface area contributed by atoms with Crippen LogP contribution in [0.25, 0.3) is 0 Å². The third-order valence-electron chi connectivity index (χ3n) is 24.9. The molecule has 5 aliphatic carbocycles. The van der Waals surface area contributed by atoms with E-state index >= 15 is 0 Å². The van der Waals surface area contributed by atoms with Crippen LogP contribution in [0.2, 0.25) is 0 Å². The van der Waals surface area contributed by atoms with Crippen molar-refractivity contribution >= 4 is 5.97 Å². The Bertz CT molecular complexity index is 2550. The van der Waals surface area contributed by atoms with E-state index < -0.39 is 247 Å². The molecule has 6 aliphatic heterocycles. The lowest BCUT2D eigenvalue weighted by atomic mass is 9.30. The van der Waals surface area contributed by atoms with Gasteiger partial charge in [0.05, 0.1) is 60.9 Å². The van der Waals surface area contributed by atoms with Crippen molar-refractivity contribution in [1.29, 1.82) is 0 Å². The summed E-state index contributed by atoms with van der Waals surface area (Å²) in [5.74, 6) is -2.44. The maximum Gasteiger partial charge on any atom is 0.335 e. The van der Waals surface area contributed by atoms with Crippen molar-refractivity contribution in [1.82, 2.24) is 0 Å². The predicted octanol–water partition coefficient (Wildman–Crippen LogP) is -5.12. The van der Waals surface area contributed by atoms with Gasteiger partial charge in [0.1, 0.15) is 104 Å². The summed E-state index contributed by atoms with van der Waals surface area (Å²) in [6.45, 7) is 15.1. The molecule has 6 heterocycles. The van der Waals surface area contributed by atoms with Gasteiger partial charge >= 0.3 is 5.97 Å². The third kappa shape index (κ3) is 10.3. The molecule has 518 valence electrons. The summed E-state index contributed by atoms with van der Waals surface area (Å²) in [5.41, 5.74) is -5.87. The summed E-state index contributed by atoms with van der Waals surface area (Å²) in [5, 5.41) is 203. The highest BCUT2D eigenvalue weighted by atomic mass is 16.8. The molecule has 14 unspecified atom stereocenters. The van der Waals surface area contributed by atoms with Crippen LogP contribution in [0.1, 0.15) is 114 Å². The zero-order chi connectivity index (χ0) is 66.0. The van der Waals surface area contributed by atoms with E-state index in [1.165, 1.54) is 13.8 Å². The number of carbonyl (C=O) groups is 1. The highest BCUT2D eigenvalue weighted by Crippen LogP contribution is 2.81. The van der Waals surface area contributed by atoms with Crippen molar-refractivity contribution in [2.45, 2.75) is 304 Å². The number of carboxylic acids is 1. The van der Waals surface area contributed by atoms with Crippen molar-refractivity contribution in [3.63, 3.8) is 0 Å². The van der Waals surface area contributed by atoms with Crippen LogP contribution in [-0.2, 0) is 56.9 Å². The number of aliphatic hydroxyl groups is 17. The molecule has 11 fully saturated rings. The number of aliphatic carboxylic acids is 1. The zero-order valence-electron chi connectivity index (χ0n) is 52.1. The van der Waals surface area contributed by atoms with Crippen LogP contribution in [0.5, 0.6) is 0 Å². The van der Waals surface area contributed by atoms with Gasteiger partial charge in [-0.3, -0.25) is 0 Å². The second kappa shape index (κ2) is 24.4. The average molecular weight is 1300 g/mol. The maximum atomic E-state index is 13.4. The number of rotatable bonds is 13. The molecule has 5 saturated carbocycles. The van der Waals surface area contributed by atoms with E-state index in [0.29, 0.717) is 38.5 Å². The molecular formula is C60H98O30. The van der Waals surface area contributed by atoms with E-state index in [1.807, 2.05) is 27.7 Å².